The molecule has 0 N–H and O–H groups in total. The van der Waals surface area contributed by atoms with Gasteiger partial charge in [-0.05, 0) is 67.0 Å². The van der Waals surface area contributed by atoms with Gasteiger partial charge in [-0.25, -0.2) is 0 Å². The molecule has 3 aliphatic rings. The summed E-state index contributed by atoms with van der Waals surface area (Å²) in [5, 5.41) is 0. The first-order chi connectivity index (χ1) is 15.5. The maximum Gasteiger partial charge on any atom is 0.295 e. The fourth-order valence-corrected chi connectivity index (χ4v) is 4.18. The zero-order chi connectivity index (χ0) is 22.7. The lowest BCUT2D eigenvalue weighted by Crippen LogP contribution is -2.39. The van der Waals surface area contributed by atoms with Gasteiger partial charge in [0.05, 0.1) is 25.8 Å². The van der Waals surface area contributed by atoms with Gasteiger partial charge in [0.2, 0.25) is 5.78 Å². The van der Waals surface area contributed by atoms with Gasteiger partial charge in [0, 0.05) is 5.69 Å². The van der Waals surface area contributed by atoms with E-state index in [0.29, 0.717) is 23.6 Å². The first-order valence-electron chi connectivity index (χ1n) is 10.4. The minimum Gasteiger partial charge on any atom is -0.497 e. The van der Waals surface area contributed by atoms with E-state index < -0.39 is 29.4 Å². The zero-order valence-electron chi connectivity index (χ0n) is 18.0. The van der Waals surface area contributed by atoms with E-state index in [9.17, 15) is 14.4 Å². The molecule has 2 atom stereocenters. The predicted molar refractivity (Wildman–Crippen MR) is 119 cm³/mol. The number of hydrogen-bond acceptors (Lipinski definition) is 5. The second-order valence-electron chi connectivity index (χ2n) is 7.65. The topological polar surface area (TPSA) is 72.9 Å². The van der Waals surface area contributed by atoms with Gasteiger partial charge in [0.25, 0.3) is 5.91 Å². The maximum atomic E-state index is 13.5. The van der Waals surface area contributed by atoms with Crippen LogP contribution in [0.3, 0.4) is 0 Å². The molecule has 1 heterocycles. The number of hydrogen-bond donors (Lipinski definition) is 0. The van der Waals surface area contributed by atoms with Crippen LogP contribution in [0.2, 0.25) is 0 Å². The summed E-state index contributed by atoms with van der Waals surface area (Å²) in [5.74, 6) is -1.93. The lowest BCUT2D eigenvalue weighted by Gasteiger charge is -2.29. The summed E-state index contributed by atoms with van der Waals surface area (Å²) >= 11 is 0. The molecule has 2 aliphatic carbocycles. The van der Waals surface area contributed by atoms with Gasteiger partial charge in [-0.1, -0.05) is 24.0 Å². The number of benzene rings is 1. The van der Waals surface area contributed by atoms with Gasteiger partial charge in [0.15, 0.2) is 11.5 Å². The number of rotatable bonds is 6. The highest BCUT2D eigenvalue weighted by Gasteiger charge is 2.53. The monoisotopic (exact) mass is 429 g/mol. The molecule has 162 valence electrons. The molecule has 4 rings (SSSR count). The normalized spacial score (nSPS) is 22.3. The first-order valence-corrected chi connectivity index (χ1v) is 10.4. The molecule has 0 radical (unpaired) electrons. The molecule has 1 fully saturated rings. The Labute approximate surface area is 186 Å². The van der Waals surface area contributed by atoms with Crippen LogP contribution in [0.15, 0.2) is 83.0 Å². The Hall–Kier alpha value is -3.85. The molecule has 0 bridgehead atoms. The molecular formula is C26H23NO5. The third kappa shape index (κ3) is 3.90. The van der Waals surface area contributed by atoms with Crippen LogP contribution in [-0.4, -0.2) is 37.7 Å². The van der Waals surface area contributed by atoms with Crippen LogP contribution >= 0.6 is 0 Å². The van der Waals surface area contributed by atoms with Crippen LogP contribution in [0.25, 0.3) is 0 Å². The van der Waals surface area contributed by atoms with Gasteiger partial charge in [0.1, 0.15) is 11.7 Å². The lowest BCUT2D eigenvalue weighted by molar-refractivity contribution is -0.138. The van der Waals surface area contributed by atoms with Gasteiger partial charge < -0.3 is 9.47 Å². The van der Waals surface area contributed by atoms with Crippen LogP contribution in [0.5, 0.6) is 5.75 Å². The van der Waals surface area contributed by atoms with E-state index in [-0.39, 0.29) is 5.57 Å². The van der Waals surface area contributed by atoms with E-state index >= 15 is 0 Å². The van der Waals surface area contributed by atoms with E-state index in [0.717, 1.165) is 18.4 Å². The molecular weight excluding hydrogens is 406 g/mol. The van der Waals surface area contributed by atoms with Crippen molar-refractivity contribution in [1.29, 1.82) is 0 Å². The average molecular weight is 429 g/mol. The van der Waals surface area contributed by atoms with Crippen molar-refractivity contribution >= 4 is 23.2 Å². The number of anilines is 1. The minimum atomic E-state index is -1.15. The fraction of sp³-hybridized carbons (Fsp3) is 0.269. The van der Waals surface area contributed by atoms with E-state index in [1.165, 1.54) is 12.0 Å². The summed E-state index contributed by atoms with van der Waals surface area (Å²) in [6.07, 6.45) is 11.5. The predicted octanol–water partition coefficient (Wildman–Crippen LogP) is 3.61. The molecule has 32 heavy (non-hydrogen) atoms. The number of Topliss-reactive ketones (excluding diaryl/α,β-unsaturated/α-hetero) is 2. The highest BCUT2D eigenvalue weighted by Crippen LogP contribution is 2.38. The lowest BCUT2D eigenvalue weighted by atomic mass is 9.84. The highest BCUT2D eigenvalue weighted by atomic mass is 16.5. The Balaban J connectivity index is 1.81. The summed E-state index contributed by atoms with van der Waals surface area (Å²) in [6, 6.07) is 6.21. The Morgan fingerprint density at radius 3 is 2.50 bits per heavy atom. The Morgan fingerprint density at radius 1 is 1.06 bits per heavy atom. The fourth-order valence-electron chi connectivity index (χ4n) is 4.18. The number of carbonyl (C=O) groups is 3. The molecule has 1 amide bonds. The van der Waals surface area contributed by atoms with Gasteiger partial charge in [-0.3, -0.25) is 19.3 Å². The zero-order valence-corrected chi connectivity index (χ0v) is 18.0. The van der Waals surface area contributed by atoms with Crippen LogP contribution in [-0.2, 0) is 19.1 Å². The number of carbonyl (C=O) groups excluding carboxylic acids is 3. The Kier molecular flexibility index (Phi) is 6.09. The second-order valence-corrected chi connectivity index (χ2v) is 7.65. The van der Waals surface area contributed by atoms with Crippen molar-refractivity contribution in [2.75, 3.05) is 19.1 Å². The van der Waals surface area contributed by atoms with E-state index in [4.69, 9.17) is 9.47 Å². The summed E-state index contributed by atoms with van der Waals surface area (Å²) in [4.78, 5) is 41.2. The van der Waals surface area contributed by atoms with Gasteiger partial charge in [-0.15, -0.1) is 0 Å². The van der Waals surface area contributed by atoms with Crippen LogP contribution in [0, 0.1) is 5.92 Å². The SMILES string of the molecule is COC1=C=C=C(C(=O)C2C(=O)C(=O)N(c3ccc(OC)cc3)C2C2=CC=CCCC2)C=C1. The Bertz CT molecular complexity index is 1160. The van der Waals surface area contributed by atoms with Crippen molar-refractivity contribution < 1.29 is 23.9 Å². The highest BCUT2D eigenvalue weighted by molar-refractivity contribution is 6.49. The first kappa shape index (κ1) is 21.4. The smallest absolute Gasteiger partial charge is 0.295 e. The molecule has 1 aromatic carbocycles. The standard InChI is InChI=1S/C26H23NO5/c1-31-20-13-9-18(10-14-20)24(28)22-23(17-7-5-3-4-6-8-17)27(26(30)25(22)29)19-11-15-21(32-2)16-12-19/h3,5,7,9,11-13,15-16,22-23H,4,6,8H2,1-2H3. The number of nitrogens with zero attached hydrogens (tertiary/aromatic N) is 1. The molecule has 2 unspecified atom stereocenters. The van der Waals surface area contributed by atoms with Crippen molar-refractivity contribution in [1.82, 2.24) is 0 Å². The third-order valence-corrected chi connectivity index (χ3v) is 5.81. The van der Waals surface area contributed by atoms with Crippen molar-refractivity contribution in [3.05, 3.63) is 83.0 Å². The third-order valence-electron chi connectivity index (χ3n) is 5.81. The van der Waals surface area contributed by atoms with Crippen molar-refractivity contribution in [2.24, 2.45) is 5.92 Å². The van der Waals surface area contributed by atoms with Crippen molar-refractivity contribution in [3.63, 3.8) is 0 Å². The minimum absolute atomic E-state index is 0.197. The number of methoxy groups -OCH3 is 2. The van der Waals surface area contributed by atoms with E-state index in [2.05, 4.69) is 11.5 Å². The number of ketones is 2. The van der Waals surface area contributed by atoms with Crippen LogP contribution < -0.4 is 9.64 Å². The largest absolute Gasteiger partial charge is 0.497 e. The van der Waals surface area contributed by atoms with Crippen molar-refractivity contribution in [2.45, 2.75) is 25.3 Å². The average Bonchev–Trinajstić information content (AvgIpc) is 2.99. The molecule has 6 nitrogen and oxygen atoms in total. The van der Waals surface area contributed by atoms with E-state index in [1.807, 2.05) is 18.2 Å². The van der Waals surface area contributed by atoms with Crippen LogP contribution in [0.4, 0.5) is 5.69 Å². The van der Waals surface area contributed by atoms with Gasteiger partial charge in [-0.2, -0.15) is 0 Å². The molecule has 1 saturated heterocycles. The number of ether oxygens (including phenoxy) is 2. The summed E-state index contributed by atoms with van der Waals surface area (Å²) in [7, 11) is 3.05. The molecule has 1 aliphatic heterocycles. The summed E-state index contributed by atoms with van der Waals surface area (Å²) in [6.45, 7) is 0. The maximum absolute atomic E-state index is 13.5. The molecule has 6 heteroatoms. The van der Waals surface area contributed by atoms with E-state index in [1.54, 1.807) is 43.5 Å². The molecule has 1 aromatic rings. The number of amides is 1. The summed E-state index contributed by atoms with van der Waals surface area (Å²) < 4.78 is 10.3. The number of allylic oxidation sites excluding steroid dienone is 6. The second kappa shape index (κ2) is 9.11. The molecule has 0 spiro atoms. The Morgan fingerprint density at radius 2 is 1.84 bits per heavy atom. The quantitative estimate of drug-likeness (QED) is 0.392. The molecule has 0 aromatic heterocycles. The molecule has 0 saturated carbocycles. The van der Waals surface area contributed by atoms with Gasteiger partial charge >= 0.3 is 0 Å². The summed E-state index contributed by atoms with van der Waals surface area (Å²) in [5.41, 5.74) is 7.16. The van der Waals surface area contributed by atoms with Crippen molar-refractivity contribution in [3.8, 4) is 5.75 Å². The van der Waals surface area contributed by atoms with Crippen LogP contribution in [0.1, 0.15) is 19.3 Å².